The van der Waals surface area contributed by atoms with Crippen LogP contribution in [0.3, 0.4) is 0 Å². The van der Waals surface area contributed by atoms with E-state index < -0.39 is 0 Å². The molecule has 0 N–H and O–H groups in total. The standard InChI is InChI=1S/C19H25N3O2/c1-16(20(2)19(23)18-8-6-14-24-18)17-7-5-11-22(15-17)13-12-21-9-3-4-10-21/h3-4,6-10,14,16H,5,11-13,15H2,1-2H3. The first-order valence-electron chi connectivity index (χ1n) is 8.48. The molecule has 128 valence electrons. The third-order valence-corrected chi connectivity index (χ3v) is 4.77. The van der Waals surface area contributed by atoms with Crippen molar-refractivity contribution in [3.05, 3.63) is 60.3 Å². The normalized spacial score (nSPS) is 16.7. The molecule has 0 saturated heterocycles. The van der Waals surface area contributed by atoms with Gasteiger partial charge in [0.2, 0.25) is 0 Å². The van der Waals surface area contributed by atoms with Crippen LogP contribution < -0.4 is 0 Å². The molecular formula is C19H25N3O2. The molecule has 5 nitrogen and oxygen atoms in total. The number of carbonyl (C=O) groups is 1. The average Bonchev–Trinajstić information content (AvgIpc) is 3.31. The summed E-state index contributed by atoms with van der Waals surface area (Å²) < 4.78 is 7.43. The molecule has 1 aliphatic rings. The Hall–Kier alpha value is -2.27. The Kier molecular flexibility index (Phi) is 5.20. The molecule has 3 rings (SSSR count). The van der Waals surface area contributed by atoms with Crippen LogP contribution >= 0.6 is 0 Å². The molecule has 2 aromatic heterocycles. The number of amides is 1. The summed E-state index contributed by atoms with van der Waals surface area (Å²) in [5.74, 6) is 0.322. The highest BCUT2D eigenvalue weighted by Gasteiger charge is 2.24. The van der Waals surface area contributed by atoms with Crippen molar-refractivity contribution in [1.82, 2.24) is 14.4 Å². The molecule has 0 bridgehead atoms. The van der Waals surface area contributed by atoms with Crippen LogP contribution in [-0.2, 0) is 6.54 Å². The lowest BCUT2D eigenvalue weighted by atomic mass is 10.0. The molecule has 0 saturated carbocycles. The molecule has 5 heteroatoms. The van der Waals surface area contributed by atoms with Gasteiger partial charge >= 0.3 is 0 Å². The van der Waals surface area contributed by atoms with Crippen LogP contribution in [-0.4, -0.2) is 53.0 Å². The van der Waals surface area contributed by atoms with Gasteiger partial charge in [-0.3, -0.25) is 9.69 Å². The van der Waals surface area contributed by atoms with Crippen molar-refractivity contribution in [2.75, 3.05) is 26.7 Å². The first-order chi connectivity index (χ1) is 11.6. The predicted octanol–water partition coefficient (Wildman–Crippen LogP) is 2.87. The van der Waals surface area contributed by atoms with Gasteiger partial charge < -0.3 is 13.9 Å². The van der Waals surface area contributed by atoms with Crippen molar-refractivity contribution < 1.29 is 9.21 Å². The van der Waals surface area contributed by atoms with Crippen molar-refractivity contribution in [2.45, 2.75) is 25.9 Å². The second kappa shape index (κ2) is 7.53. The molecule has 1 aliphatic heterocycles. The van der Waals surface area contributed by atoms with E-state index in [2.05, 4.69) is 47.0 Å². The largest absolute Gasteiger partial charge is 0.459 e. The molecule has 3 heterocycles. The van der Waals surface area contributed by atoms with Crippen molar-refractivity contribution in [2.24, 2.45) is 0 Å². The first-order valence-corrected chi connectivity index (χ1v) is 8.48. The lowest BCUT2D eigenvalue weighted by Gasteiger charge is -2.33. The van der Waals surface area contributed by atoms with Crippen LogP contribution in [0.4, 0.5) is 0 Å². The van der Waals surface area contributed by atoms with E-state index >= 15 is 0 Å². The Morgan fingerprint density at radius 3 is 2.79 bits per heavy atom. The Labute approximate surface area is 143 Å². The Balaban J connectivity index is 1.57. The van der Waals surface area contributed by atoms with Crippen LogP contribution in [0.2, 0.25) is 0 Å². The van der Waals surface area contributed by atoms with Gasteiger partial charge in [0.05, 0.1) is 12.3 Å². The van der Waals surface area contributed by atoms with Gasteiger partial charge in [0.25, 0.3) is 5.91 Å². The molecule has 0 fully saturated rings. The van der Waals surface area contributed by atoms with Crippen LogP contribution in [0.1, 0.15) is 23.9 Å². The van der Waals surface area contributed by atoms with Crippen molar-refractivity contribution in [1.29, 1.82) is 0 Å². The number of hydrogen-bond donors (Lipinski definition) is 0. The van der Waals surface area contributed by atoms with Gasteiger partial charge in [-0.15, -0.1) is 0 Å². The van der Waals surface area contributed by atoms with E-state index in [-0.39, 0.29) is 11.9 Å². The molecular weight excluding hydrogens is 302 g/mol. The maximum Gasteiger partial charge on any atom is 0.289 e. The summed E-state index contributed by atoms with van der Waals surface area (Å²) >= 11 is 0. The first kappa shape index (κ1) is 16.6. The van der Waals surface area contributed by atoms with Gasteiger partial charge in [0, 0.05) is 45.6 Å². The minimum absolute atomic E-state index is 0.0666. The summed E-state index contributed by atoms with van der Waals surface area (Å²) in [6, 6.07) is 7.63. The Morgan fingerprint density at radius 1 is 1.29 bits per heavy atom. The maximum atomic E-state index is 12.4. The van der Waals surface area contributed by atoms with Crippen LogP contribution in [0, 0.1) is 0 Å². The molecule has 1 amide bonds. The molecule has 0 aliphatic carbocycles. The third kappa shape index (κ3) is 3.79. The summed E-state index contributed by atoms with van der Waals surface area (Å²) in [6.45, 7) is 6.10. The average molecular weight is 327 g/mol. The smallest absolute Gasteiger partial charge is 0.289 e. The summed E-state index contributed by atoms with van der Waals surface area (Å²) in [5.41, 5.74) is 1.30. The van der Waals surface area contributed by atoms with E-state index in [1.165, 1.54) is 11.8 Å². The molecule has 24 heavy (non-hydrogen) atoms. The van der Waals surface area contributed by atoms with E-state index in [4.69, 9.17) is 4.42 Å². The van der Waals surface area contributed by atoms with Gasteiger partial charge in [-0.05, 0) is 43.2 Å². The minimum atomic E-state index is -0.0714. The molecule has 0 radical (unpaired) electrons. The zero-order chi connectivity index (χ0) is 16.9. The quantitative estimate of drug-likeness (QED) is 0.766. The Morgan fingerprint density at radius 2 is 2.08 bits per heavy atom. The second-order valence-electron chi connectivity index (χ2n) is 6.33. The number of rotatable bonds is 6. The monoisotopic (exact) mass is 327 g/mol. The van der Waals surface area contributed by atoms with Gasteiger partial charge in [0.15, 0.2) is 5.76 Å². The topological polar surface area (TPSA) is 41.6 Å². The zero-order valence-electron chi connectivity index (χ0n) is 14.4. The maximum absolute atomic E-state index is 12.4. The van der Waals surface area contributed by atoms with E-state index in [1.807, 2.05) is 7.05 Å². The fourth-order valence-corrected chi connectivity index (χ4v) is 3.10. The number of nitrogens with zero attached hydrogens (tertiary/aromatic N) is 3. The highest BCUT2D eigenvalue weighted by molar-refractivity contribution is 5.91. The number of furan rings is 1. The summed E-state index contributed by atoms with van der Waals surface area (Å²) in [7, 11) is 1.84. The van der Waals surface area contributed by atoms with E-state index in [0.29, 0.717) is 5.76 Å². The number of carbonyl (C=O) groups excluding carboxylic acids is 1. The van der Waals surface area contributed by atoms with Crippen molar-refractivity contribution in [3.8, 4) is 0 Å². The van der Waals surface area contributed by atoms with Crippen LogP contribution in [0.15, 0.2) is 59.0 Å². The van der Waals surface area contributed by atoms with Crippen molar-refractivity contribution in [3.63, 3.8) is 0 Å². The van der Waals surface area contributed by atoms with E-state index in [1.54, 1.807) is 17.0 Å². The van der Waals surface area contributed by atoms with E-state index in [9.17, 15) is 4.79 Å². The number of hydrogen-bond acceptors (Lipinski definition) is 3. The van der Waals surface area contributed by atoms with Gasteiger partial charge in [-0.25, -0.2) is 0 Å². The minimum Gasteiger partial charge on any atom is -0.459 e. The SMILES string of the molecule is CC(C1=CCCN(CCn2cccc2)C1)N(C)C(=O)c1ccco1. The fourth-order valence-electron chi connectivity index (χ4n) is 3.10. The van der Waals surface area contributed by atoms with Crippen LogP contribution in [0.25, 0.3) is 0 Å². The van der Waals surface area contributed by atoms with Gasteiger partial charge in [0.1, 0.15) is 0 Å². The van der Waals surface area contributed by atoms with Gasteiger partial charge in [-0.2, -0.15) is 0 Å². The lowest BCUT2D eigenvalue weighted by molar-refractivity contribution is 0.0725. The second-order valence-corrected chi connectivity index (χ2v) is 6.33. The lowest BCUT2D eigenvalue weighted by Crippen LogP contribution is -2.42. The number of aromatic nitrogens is 1. The molecule has 1 atom stereocenters. The highest BCUT2D eigenvalue weighted by Crippen LogP contribution is 2.18. The highest BCUT2D eigenvalue weighted by atomic mass is 16.3. The zero-order valence-corrected chi connectivity index (χ0v) is 14.4. The summed E-state index contributed by atoms with van der Waals surface area (Å²) in [6.07, 6.45) is 9.05. The third-order valence-electron chi connectivity index (χ3n) is 4.77. The Bertz CT molecular complexity index is 674. The summed E-state index contributed by atoms with van der Waals surface area (Å²) in [5, 5.41) is 0. The van der Waals surface area contributed by atoms with E-state index in [0.717, 1.165) is 32.6 Å². The molecule has 0 aromatic carbocycles. The molecule has 2 aromatic rings. The fraction of sp³-hybridized carbons (Fsp3) is 0.421. The number of likely N-dealkylation sites (N-methyl/N-ethyl adjacent to an activating group) is 1. The summed E-state index contributed by atoms with van der Waals surface area (Å²) in [4.78, 5) is 16.7. The van der Waals surface area contributed by atoms with Gasteiger partial charge in [-0.1, -0.05) is 6.08 Å². The molecule has 1 unspecified atom stereocenters. The molecule has 0 spiro atoms. The van der Waals surface area contributed by atoms with Crippen LogP contribution in [0.5, 0.6) is 0 Å². The predicted molar refractivity (Wildman–Crippen MR) is 93.8 cm³/mol. The van der Waals surface area contributed by atoms with Crippen molar-refractivity contribution >= 4 is 5.91 Å².